The first kappa shape index (κ1) is 15.3. The maximum absolute atomic E-state index is 11.5. The summed E-state index contributed by atoms with van der Waals surface area (Å²) in [5, 5.41) is 6.69. The van der Waals surface area contributed by atoms with Crippen molar-refractivity contribution in [2.75, 3.05) is 19.3 Å². The van der Waals surface area contributed by atoms with E-state index in [9.17, 15) is 4.79 Å². The third-order valence-electron chi connectivity index (χ3n) is 2.49. The molecule has 1 unspecified atom stereocenters. The Hall–Kier alpha value is -0.710. The number of amides is 1. The molecule has 0 aromatic heterocycles. The maximum atomic E-state index is 11.5. The highest BCUT2D eigenvalue weighted by Gasteiger charge is 2.04. The van der Waals surface area contributed by atoms with E-state index in [2.05, 4.69) is 10.6 Å². The lowest BCUT2D eigenvalue weighted by molar-refractivity contribution is -0.118. The number of benzene rings is 1. The van der Waals surface area contributed by atoms with Crippen molar-refractivity contribution in [3.8, 4) is 0 Å². The Labute approximate surface area is 118 Å². The van der Waals surface area contributed by atoms with Gasteiger partial charge < -0.3 is 10.6 Å². The minimum Gasteiger partial charge on any atom is -0.354 e. The predicted molar refractivity (Wildman–Crippen MR) is 79.1 cm³/mol. The summed E-state index contributed by atoms with van der Waals surface area (Å²) in [5.41, 5.74) is 1.14. The van der Waals surface area contributed by atoms with Gasteiger partial charge in [-0.1, -0.05) is 23.7 Å². The number of rotatable bonds is 7. The van der Waals surface area contributed by atoms with E-state index in [1.54, 1.807) is 11.8 Å². The fourth-order valence-corrected chi connectivity index (χ4v) is 2.33. The van der Waals surface area contributed by atoms with E-state index in [4.69, 9.17) is 11.6 Å². The van der Waals surface area contributed by atoms with Gasteiger partial charge in [-0.15, -0.1) is 11.8 Å². The molecule has 0 saturated heterocycles. The molecule has 1 amide bonds. The molecule has 0 heterocycles. The van der Waals surface area contributed by atoms with Gasteiger partial charge in [0, 0.05) is 23.4 Å². The third-order valence-corrected chi connectivity index (χ3v) is 3.73. The maximum Gasteiger partial charge on any atom is 0.230 e. The summed E-state index contributed by atoms with van der Waals surface area (Å²) in [6.07, 6.45) is 0. The molecule has 100 valence electrons. The lowest BCUT2D eigenvalue weighted by atomic mass is 10.2. The van der Waals surface area contributed by atoms with Crippen molar-refractivity contribution in [3.63, 3.8) is 0 Å². The second-order valence-corrected chi connectivity index (χ2v) is 5.54. The van der Waals surface area contributed by atoms with Gasteiger partial charge in [0.25, 0.3) is 0 Å². The summed E-state index contributed by atoms with van der Waals surface area (Å²) in [6, 6.07) is 8.01. The molecule has 0 aliphatic rings. The monoisotopic (exact) mass is 286 g/mol. The van der Waals surface area contributed by atoms with Gasteiger partial charge in [0.1, 0.15) is 0 Å². The number of carbonyl (C=O) groups is 1. The summed E-state index contributed by atoms with van der Waals surface area (Å²) >= 11 is 7.48. The molecule has 0 aliphatic heterocycles. The molecule has 0 spiro atoms. The molecule has 1 atom stereocenters. The average Bonchev–Trinajstić information content (AvgIpc) is 2.36. The highest BCUT2D eigenvalue weighted by Crippen LogP contribution is 2.16. The molecular formula is C13H19ClN2OS. The SMILES string of the molecule is CNC(C)CNC(=O)CSCc1cccc(Cl)c1. The van der Waals surface area contributed by atoms with Crippen LogP contribution in [0.2, 0.25) is 5.02 Å². The van der Waals surface area contributed by atoms with Crippen molar-refractivity contribution in [1.29, 1.82) is 0 Å². The van der Waals surface area contributed by atoms with Gasteiger partial charge in [-0.3, -0.25) is 4.79 Å². The van der Waals surface area contributed by atoms with Crippen LogP contribution in [0.25, 0.3) is 0 Å². The van der Waals surface area contributed by atoms with Crippen molar-refractivity contribution in [2.24, 2.45) is 0 Å². The van der Waals surface area contributed by atoms with E-state index in [-0.39, 0.29) is 5.91 Å². The molecule has 0 fully saturated rings. The summed E-state index contributed by atoms with van der Waals surface area (Å²) in [4.78, 5) is 11.5. The number of thioether (sulfide) groups is 1. The first-order valence-corrected chi connectivity index (χ1v) is 7.41. The van der Waals surface area contributed by atoms with Gasteiger partial charge in [0.15, 0.2) is 0 Å². The van der Waals surface area contributed by atoms with Crippen molar-refractivity contribution < 1.29 is 4.79 Å². The van der Waals surface area contributed by atoms with Crippen LogP contribution in [0, 0.1) is 0 Å². The molecular weight excluding hydrogens is 268 g/mol. The highest BCUT2D eigenvalue weighted by atomic mass is 35.5. The Morgan fingerprint density at radius 1 is 1.50 bits per heavy atom. The number of hydrogen-bond donors (Lipinski definition) is 2. The second-order valence-electron chi connectivity index (χ2n) is 4.12. The number of likely N-dealkylation sites (N-methyl/N-ethyl adjacent to an activating group) is 1. The van der Waals surface area contributed by atoms with Crippen LogP contribution in [-0.4, -0.2) is 31.3 Å². The summed E-state index contributed by atoms with van der Waals surface area (Å²) in [7, 11) is 1.88. The first-order chi connectivity index (χ1) is 8.61. The lowest BCUT2D eigenvalue weighted by Crippen LogP contribution is -2.37. The quantitative estimate of drug-likeness (QED) is 0.808. The Kier molecular flexibility index (Phi) is 7.16. The molecule has 1 rings (SSSR count). The van der Waals surface area contributed by atoms with E-state index in [0.717, 1.165) is 16.3 Å². The number of halogens is 1. The molecule has 1 aromatic rings. The van der Waals surface area contributed by atoms with E-state index < -0.39 is 0 Å². The minimum atomic E-state index is 0.0733. The fourth-order valence-electron chi connectivity index (χ4n) is 1.31. The van der Waals surface area contributed by atoms with Gasteiger partial charge in [0.05, 0.1) is 5.75 Å². The number of nitrogens with one attached hydrogen (secondary N) is 2. The van der Waals surface area contributed by atoms with Crippen LogP contribution < -0.4 is 10.6 Å². The van der Waals surface area contributed by atoms with Crippen LogP contribution in [0.5, 0.6) is 0 Å². The summed E-state index contributed by atoms with van der Waals surface area (Å²) in [5.74, 6) is 1.35. The summed E-state index contributed by atoms with van der Waals surface area (Å²) < 4.78 is 0. The van der Waals surface area contributed by atoms with Crippen LogP contribution in [0.3, 0.4) is 0 Å². The van der Waals surface area contributed by atoms with Crippen LogP contribution in [0.4, 0.5) is 0 Å². The van der Waals surface area contributed by atoms with E-state index in [1.807, 2.05) is 38.2 Å². The van der Waals surface area contributed by atoms with E-state index >= 15 is 0 Å². The van der Waals surface area contributed by atoms with Gasteiger partial charge >= 0.3 is 0 Å². The Bertz CT molecular complexity index is 387. The molecule has 1 aromatic carbocycles. The zero-order valence-corrected chi connectivity index (χ0v) is 12.3. The average molecular weight is 287 g/mol. The van der Waals surface area contributed by atoms with Gasteiger partial charge in [0.2, 0.25) is 5.91 Å². The normalized spacial score (nSPS) is 12.2. The minimum absolute atomic E-state index is 0.0733. The molecule has 18 heavy (non-hydrogen) atoms. The van der Waals surface area contributed by atoms with Crippen LogP contribution >= 0.6 is 23.4 Å². The topological polar surface area (TPSA) is 41.1 Å². The van der Waals surface area contributed by atoms with Gasteiger partial charge in [-0.05, 0) is 31.7 Å². The highest BCUT2D eigenvalue weighted by molar-refractivity contribution is 7.99. The van der Waals surface area contributed by atoms with Gasteiger partial charge in [-0.2, -0.15) is 0 Å². The summed E-state index contributed by atoms with van der Waals surface area (Å²) in [6.45, 7) is 2.69. The number of hydrogen-bond acceptors (Lipinski definition) is 3. The lowest BCUT2D eigenvalue weighted by Gasteiger charge is -2.11. The Morgan fingerprint density at radius 2 is 2.28 bits per heavy atom. The second kappa shape index (κ2) is 8.40. The largest absolute Gasteiger partial charge is 0.354 e. The number of carbonyl (C=O) groups excluding carboxylic acids is 1. The molecule has 0 radical (unpaired) electrons. The zero-order chi connectivity index (χ0) is 13.4. The molecule has 2 N–H and O–H groups in total. The molecule has 0 bridgehead atoms. The molecule has 0 aliphatic carbocycles. The van der Waals surface area contributed by atoms with Crippen LogP contribution in [0.15, 0.2) is 24.3 Å². The Morgan fingerprint density at radius 3 is 2.94 bits per heavy atom. The van der Waals surface area contributed by atoms with Crippen LogP contribution in [-0.2, 0) is 10.5 Å². The van der Waals surface area contributed by atoms with Crippen molar-refractivity contribution in [3.05, 3.63) is 34.9 Å². The molecule has 5 heteroatoms. The standard InChI is InChI=1S/C13H19ClN2OS/c1-10(15-2)7-16-13(17)9-18-8-11-4-3-5-12(14)6-11/h3-6,10,15H,7-9H2,1-2H3,(H,16,17). The van der Waals surface area contributed by atoms with Gasteiger partial charge in [-0.25, -0.2) is 0 Å². The van der Waals surface area contributed by atoms with Crippen molar-refractivity contribution in [1.82, 2.24) is 10.6 Å². The van der Waals surface area contributed by atoms with Crippen LogP contribution in [0.1, 0.15) is 12.5 Å². The third kappa shape index (κ3) is 6.28. The van der Waals surface area contributed by atoms with Crippen molar-refractivity contribution in [2.45, 2.75) is 18.7 Å². The first-order valence-electron chi connectivity index (χ1n) is 5.88. The fraction of sp³-hybridized carbons (Fsp3) is 0.462. The Balaban J connectivity index is 2.19. The molecule has 3 nitrogen and oxygen atoms in total. The predicted octanol–water partition coefficient (Wildman–Crippen LogP) is 2.30. The van der Waals surface area contributed by atoms with E-state index in [1.165, 1.54) is 0 Å². The molecule has 0 saturated carbocycles. The van der Waals surface area contributed by atoms with E-state index in [0.29, 0.717) is 18.3 Å². The smallest absolute Gasteiger partial charge is 0.230 e. The zero-order valence-electron chi connectivity index (χ0n) is 10.7. The van der Waals surface area contributed by atoms with Crippen molar-refractivity contribution >= 4 is 29.3 Å².